The van der Waals surface area contributed by atoms with Crippen molar-refractivity contribution in [3.63, 3.8) is 0 Å². The maximum absolute atomic E-state index is 12.4. The van der Waals surface area contributed by atoms with Gasteiger partial charge in [0.15, 0.2) is 0 Å². The monoisotopic (exact) mass is 329 g/mol. The first-order valence-corrected chi connectivity index (χ1v) is 7.98. The summed E-state index contributed by atoms with van der Waals surface area (Å²) in [6.45, 7) is 2.97. The Labute approximate surface area is 129 Å². The minimum absolute atomic E-state index is 0.0479. The molecule has 1 saturated heterocycles. The molecule has 3 rings (SSSR count). The van der Waals surface area contributed by atoms with Gasteiger partial charge in [-0.05, 0) is 5.56 Å². The summed E-state index contributed by atoms with van der Waals surface area (Å²) in [4.78, 5) is 5.74. The summed E-state index contributed by atoms with van der Waals surface area (Å²) in [6, 6.07) is 7.22. The summed E-state index contributed by atoms with van der Waals surface area (Å²) in [5.74, 6) is 0.910. The second-order valence-electron chi connectivity index (χ2n) is 5.01. The highest BCUT2D eigenvalue weighted by molar-refractivity contribution is 7.99. The predicted molar refractivity (Wildman–Crippen MR) is 77.3 cm³/mol. The molecular formula is C14H14F3N3OS. The van der Waals surface area contributed by atoms with Crippen LogP contribution >= 0.6 is 11.8 Å². The zero-order valence-electron chi connectivity index (χ0n) is 11.6. The van der Waals surface area contributed by atoms with Crippen LogP contribution in [-0.2, 0) is 12.7 Å². The summed E-state index contributed by atoms with van der Waals surface area (Å²) in [5, 5.41) is 3.38. The first-order valence-electron chi connectivity index (χ1n) is 6.83. The van der Waals surface area contributed by atoms with E-state index in [1.165, 1.54) is 0 Å². The van der Waals surface area contributed by atoms with E-state index < -0.39 is 12.1 Å². The van der Waals surface area contributed by atoms with Crippen LogP contribution in [0, 0.1) is 0 Å². The van der Waals surface area contributed by atoms with E-state index >= 15 is 0 Å². The van der Waals surface area contributed by atoms with Crippen molar-refractivity contribution in [1.29, 1.82) is 0 Å². The summed E-state index contributed by atoms with van der Waals surface area (Å²) in [7, 11) is 0. The number of hydrogen-bond acceptors (Lipinski definition) is 5. The Morgan fingerprint density at radius 1 is 1.14 bits per heavy atom. The third-order valence-electron chi connectivity index (χ3n) is 3.39. The molecule has 0 radical (unpaired) electrons. The molecule has 1 aromatic heterocycles. The molecule has 4 nitrogen and oxygen atoms in total. The van der Waals surface area contributed by atoms with Gasteiger partial charge < -0.3 is 4.52 Å². The number of nitrogens with zero attached hydrogens (tertiary/aromatic N) is 3. The standard InChI is InChI=1S/C14H14F3N3OS/c15-14(16,17)13-18-12(19-21-13)11-3-1-10(2-4-11)9-20-5-7-22-8-6-20/h1-4H,5-9H2. The van der Waals surface area contributed by atoms with Crippen LogP contribution in [0.4, 0.5) is 13.2 Å². The molecular weight excluding hydrogens is 315 g/mol. The van der Waals surface area contributed by atoms with Crippen LogP contribution in [0.1, 0.15) is 11.5 Å². The maximum Gasteiger partial charge on any atom is 0.471 e. The van der Waals surface area contributed by atoms with E-state index in [2.05, 4.69) is 19.6 Å². The van der Waals surface area contributed by atoms with Crippen molar-refractivity contribution >= 4 is 11.8 Å². The molecule has 0 aliphatic carbocycles. The molecule has 8 heteroatoms. The first kappa shape index (κ1) is 15.4. The first-order chi connectivity index (χ1) is 10.5. The lowest BCUT2D eigenvalue weighted by atomic mass is 10.1. The number of benzene rings is 1. The van der Waals surface area contributed by atoms with Crippen molar-refractivity contribution < 1.29 is 17.7 Å². The second-order valence-corrected chi connectivity index (χ2v) is 6.23. The Kier molecular flexibility index (Phi) is 4.39. The van der Waals surface area contributed by atoms with Gasteiger partial charge in [-0.25, -0.2) is 0 Å². The largest absolute Gasteiger partial charge is 0.471 e. The van der Waals surface area contributed by atoms with E-state index in [1.807, 2.05) is 23.9 Å². The van der Waals surface area contributed by atoms with E-state index in [0.29, 0.717) is 5.56 Å². The number of halogens is 3. The molecule has 1 aromatic carbocycles. The van der Waals surface area contributed by atoms with Crippen LogP contribution in [0.25, 0.3) is 11.4 Å². The number of hydrogen-bond donors (Lipinski definition) is 0. The average Bonchev–Trinajstić information content (AvgIpc) is 2.99. The van der Waals surface area contributed by atoms with Gasteiger partial charge in [0, 0.05) is 36.7 Å². The van der Waals surface area contributed by atoms with E-state index in [0.717, 1.165) is 36.7 Å². The normalized spacial score (nSPS) is 16.9. The molecule has 0 unspecified atom stereocenters. The maximum atomic E-state index is 12.4. The van der Waals surface area contributed by atoms with E-state index in [9.17, 15) is 13.2 Å². The summed E-state index contributed by atoms with van der Waals surface area (Å²) >= 11 is 1.95. The lowest BCUT2D eigenvalue weighted by Crippen LogP contribution is -2.31. The number of rotatable bonds is 3. The van der Waals surface area contributed by atoms with Gasteiger partial charge >= 0.3 is 12.1 Å². The molecule has 22 heavy (non-hydrogen) atoms. The minimum atomic E-state index is -4.61. The highest BCUT2D eigenvalue weighted by Crippen LogP contribution is 2.29. The van der Waals surface area contributed by atoms with E-state index in [4.69, 9.17) is 0 Å². The van der Waals surface area contributed by atoms with Crippen LogP contribution in [0.15, 0.2) is 28.8 Å². The predicted octanol–water partition coefficient (Wildman–Crippen LogP) is 3.30. The van der Waals surface area contributed by atoms with Crippen molar-refractivity contribution in [3.05, 3.63) is 35.7 Å². The zero-order valence-corrected chi connectivity index (χ0v) is 12.5. The van der Waals surface area contributed by atoms with Crippen molar-refractivity contribution in [1.82, 2.24) is 15.0 Å². The van der Waals surface area contributed by atoms with Crippen LogP contribution in [-0.4, -0.2) is 39.6 Å². The van der Waals surface area contributed by atoms with Gasteiger partial charge in [-0.2, -0.15) is 29.9 Å². The smallest absolute Gasteiger partial charge is 0.329 e. The van der Waals surface area contributed by atoms with Crippen molar-refractivity contribution in [3.8, 4) is 11.4 Å². The van der Waals surface area contributed by atoms with E-state index in [-0.39, 0.29) is 5.82 Å². The van der Waals surface area contributed by atoms with Gasteiger partial charge in [0.05, 0.1) is 0 Å². The average molecular weight is 329 g/mol. The SMILES string of the molecule is FC(F)(F)c1nc(-c2ccc(CN3CCSCC3)cc2)no1. The fourth-order valence-electron chi connectivity index (χ4n) is 2.23. The number of aromatic nitrogens is 2. The van der Waals surface area contributed by atoms with Gasteiger partial charge in [-0.3, -0.25) is 4.90 Å². The number of alkyl halides is 3. The molecule has 0 bridgehead atoms. The molecule has 1 aliphatic heterocycles. The quantitative estimate of drug-likeness (QED) is 0.864. The molecule has 1 aliphatic rings. The summed E-state index contributed by atoms with van der Waals surface area (Å²) < 4.78 is 41.6. The minimum Gasteiger partial charge on any atom is -0.329 e. The van der Waals surface area contributed by atoms with Gasteiger partial charge in [0.25, 0.3) is 0 Å². The van der Waals surface area contributed by atoms with Gasteiger partial charge in [0.1, 0.15) is 0 Å². The molecule has 0 atom stereocenters. The third kappa shape index (κ3) is 3.61. The number of thioether (sulfide) groups is 1. The van der Waals surface area contributed by atoms with Crippen molar-refractivity contribution in [2.45, 2.75) is 12.7 Å². The Hall–Kier alpha value is -1.54. The van der Waals surface area contributed by atoms with Gasteiger partial charge in [-0.1, -0.05) is 29.4 Å². The Balaban J connectivity index is 1.69. The van der Waals surface area contributed by atoms with Gasteiger partial charge in [-0.15, -0.1) is 0 Å². The van der Waals surface area contributed by atoms with Crippen molar-refractivity contribution in [2.75, 3.05) is 24.6 Å². The highest BCUT2D eigenvalue weighted by atomic mass is 32.2. The molecule has 2 aromatic rings. The third-order valence-corrected chi connectivity index (χ3v) is 4.33. The summed E-state index contributed by atoms with van der Waals surface area (Å²) in [6.07, 6.45) is -4.61. The molecule has 0 amide bonds. The molecule has 0 saturated carbocycles. The molecule has 118 valence electrons. The topological polar surface area (TPSA) is 42.2 Å². The Morgan fingerprint density at radius 2 is 1.82 bits per heavy atom. The van der Waals surface area contributed by atoms with E-state index in [1.54, 1.807) is 12.1 Å². The zero-order chi connectivity index (χ0) is 15.6. The Morgan fingerprint density at radius 3 is 2.41 bits per heavy atom. The lowest BCUT2D eigenvalue weighted by molar-refractivity contribution is -0.159. The Bertz CT molecular complexity index is 621. The van der Waals surface area contributed by atoms with Gasteiger partial charge in [0.2, 0.25) is 5.82 Å². The fourth-order valence-corrected chi connectivity index (χ4v) is 3.21. The molecule has 1 fully saturated rings. The second kappa shape index (κ2) is 6.29. The van der Waals surface area contributed by atoms with Crippen LogP contribution in [0.5, 0.6) is 0 Å². The summed E-state index contributed by atoms with van der Waals surface area (Å²) in [5.41, 5.74) is 1.63. The molecule has 2 heterocycles. The van der Waals surface area contributed by atoms with Crippen LogP contribution in [0.2, 0.25) is 0 Å². The lowest BCUT2D eigenvalue weighted by Gasteiger charge is -2.26. The molecule has 0 N–H and O–H groups in total. The van der Waals surface area contributed by atoms with Crippen molar-refractivity contribution in [2.24, 2.45) is 0 Å². The molecule has 0 spiro atoms. The fraction of sp³-hybridized carbons (Fsp3) is 0.429. The highest BCUT2D eigenvalue weighted by Gasteiger charge is 2.38. The van der Waals surface area contributed by atoms with Crippen LogP contribution < -0.4 is 0 Å². The van der Waals surface area contributed by atoms with Crippen LogP contribution in [0.3, 0.4) is 0 Å².